The van der Waals surface area contributed by atoms with Crippen molar-refractivity contribution in [2.45, 2.75) is 71.3 Å². The van der Waals surface area contributed by atoms with Crippen molar-refractivity contribution in [1.29, 1.82) is 0 Å². The molecule has 0 aliphatic carbocycles. The molecule has 0 radical (unpaired) electrons. The van der Waals surface area contributed by atoms with Gasteiger partial charge in [0.2, 0.25) is 5.82 Å². The maximum atomic E-state index is 13.1. The fourth-order valence-corrected chi connectivity index (χ4v) is 2.56. The van der Waals surface area contributed by atoms with E-state index in [2.05, 4.69) is 6.58 Å². The second-order valence-corrected chi connectivity index (χ2v) is 6.53. The molecule has 0 saturated carbocycles. The third kappa shape index (κ3) is 8.78. The summed E-state index contributed by atoms with van der Waals surface area (Å²) in [5.41, 5.74) is -1.11. The van der Waals surface area contributed by atoms with Gasteiger partial charge in [-0.25, -0.2) is 9.59 Å². The fraction of sp³-hybridized carbons (Fsp3) is 0.632. The summed E-state index contributed by atoms with van der Waals surface area (Å²) < 4.78 is 19.4. The number of rotatable bonds is 13. The molecule has 0 atom stereocenters. The van der Waals surface area contributed by atoms with Gasteiger partial charge >= 0.3 is 11.7 Å². The van der Waals surface area contributed by atoms with Crippen LogP contribution in [-0.4, -0.2) is 22.1 Å². The number of unbranched alkanes of at least 4 members (excludes halogenated alkanes) is 8. The summed E-state index contributed by atoms with van der Waals surface area (Å²) in [6, 6.07) is 0. The number of aromatic amines is 1. The van der Waals surface area contributed by atoms with Crippen LogP contribution in [0.2, 0.25) is 0 Å². The lowest BCUT2D eigenvalue weighted by Crippen LogP contribution is -2.31. The number of carbonyl (C=O) groups is 1. The molecule has 0 unspecified atom stereocenters. The van der Waals surface area contributed by atoms with Crippen LogP contribution in [0.15, 0.2) is 27.9 Å². The Hall–Kier alpha value is -2.18. The second-order valence-electron chi connectivity index (χ2n) is 6.53. The molecular formula is C19H29FN2O4. The molecule has 1 aromatic rings. The van der Waals surface area contributed by atoms with Gasteiger partial charge < -0.3 is 4.74 Å². The minimum absolute atomic E-state index is 0.322. The Morgan fingerprint density at radius 2 is 1.62 bits per heavy atom. The molecule has 26 heavy (non-hydrogen) atoms. The molecule has 1 rings (SSSR count). The third-order valence-corrected chi connectivity index (χ3v) is 4.09. The average Bonchev–Trinajstić information content (AvgIpc) is 2.59. The molecule has 0 bridgehead atoms. The normalized spacial score (nSPS) is 10.7. The maximum Gasteiger partial charge on any atom is 0.333 e. The van der Waals surface area contributed by atoms with Gasteiger partial charge in [0.25, 0.3) is 5.56 Å². The van der Waals surface area contributed by atoms with Crippen LogP contribution < -0.4 is 11.2 Å². The summed E-state index contributed by atoms with van der Waals surface area (Å²) in [4.78, 5) is 35.5. The zero-order chi connectivity index (χ0) is 19.4. The van der Waals surface area contributed by atoms with E-state index in [0.717, 1.165) is 64.0 Å². The van der Waals surface area contributed by atoms with E-state index in [1.807, 2.05) is 4.98 Å². The number of carbonyl (C=O) groups excluding carboxylic acids is 1. The highest BCUT2D eigenvalue weighted by atomic mass is 19.1. The van der Waals surface area contributed by atoms with Crippen LogP contribution in [0, 0.1) is 5.82 Å². The van der Waals surface area contributed by atoms with Gasteiger partial charge in [0.1, 0.15) is 0 Å². The summed E-state index contributed by atoms with van der Waals surface area (Å²) >= 11 is 0. The van der Waals surface area contributed by atoms with Gasteiger partial charge in [-0.05, 0) is 19.8 Å². The number of nitrogens with one attached hydrogen (secondary N) is 1. The fourth-order valence-electron chi connectivity index (χ4n) is 2.56. The van der Waals surface area contributed by atoms with Crippen LogP contribution in [0.4, 0.5) is 4.39 Å². The van der Waals surface area contributed by atoms with Gasteiger partial charge in [-0.3, -0.25) is 14.3 Å². The summed E-state index contributed by atoms with van der Waals surface area (Å²) in [7, 11) is 0. The number of hydrogen-bond donors (Lipinski definition) is 1. The lowest BCUT2D eigenvalue weighted by Gasteiger charge is -2.06. The van der Waals surface area contributed by atoms with Crippen molar-refractivity contribution in [2.75, 3.05) is 6.61 Å². The van der Waals surface area contributed by atoms with Crippen LogP contribution in [0.25, 0.3) is 0 Å². The highest BCUT2D eigenvalue weighted by Crippen LogP contribution is 2.10. The molecule has 7 heteroatoms. The standard InChI is InChI=1S/C19H29FN2O4/c1-15(2)18(24)26-13-11-9-7-5-3-4-6-8-10-12-22-14-16(20)17(23)21-19(22)25/h14H,1,3-13H2,2H3,(H,21,23,25). The Balaban J connectivity index is 1.96. The highest BCUT2D eigenvalue weighted by Gasteiger charge is 2.03. The molecule has 0 fully saturated rings. The van der Waals surface area contributed by atoms with Crippen molar-refractivity contribution in [3.63, 3.8) is 0 Å². The number of aromatic nitrogens is 2. The number of hydrogen-bond acceptors (Lipinski definition) is 4. The minimum Gasteiger partial charge on any atom is -0.462 e. The zero-order valence-electron chi connectivity index (χ0n) is 15.5. The molecule has 146 valence electrons. The summed E-state index contributed by atoms with van der Waals surface area (Å²) in [6.45, 7) is 6.04. The summed E-state index contributed by atoms with van der Waals surface area (Å²) in [5.74, 6) is -1.25. The number of halogens is 1. The lowest BCUT2D eigenvalue weighted by molar-refractivity contribution is -0.139. The van der Waals surface area contributed by atoms with E-state index < -0.39 is 17.1 Å². The smallest absolute Gasteiger partial charge is 0.333 e. The van der Waals surface area contributed by atoms with Crippen LogP contribution in [0.3, 0.4) is 0 Å². The Morgan fingerprint density at radius 3 is 2.19 bits per heavy atom. The lowest BCUT2D eigenvalue weighted by atomic mass is 10.1. The molecule has 6 nitrogen and oxygen atoms in total. The SMILES string of the molecule is C=C(C)C(=O)OCCCCCCCCCCCn1cc(F)c(=O)[nH]c1=O. The molecule has 0 spiro atoms. The number of ether oxygens (including phenoxy) is 1. The van der Waals surface area contributed by atoms with Crippen molar-refractivity contribution in [2.24, 2.45) is 0 Å². The monoisotopic (exact) mass is 368 g/mol. The Bertz CT molecular complexity index is 694. The minimum atomic E-state index is -0.972. The molecule has 1 aromatic heterocycles. The molecule has 0 aliphatic rings. The van der Waals surface area contributed by atoms with Gasteiger partial charge in [0.15, 0.2) is 0 Å². The van der Waals surface area contributed by atoms with E-state index in [9.17, 15) is 18.8 Å². The predicted octanol–water partition coefficient (Wildman–Crippen LogP) is 3.31. The second kappa shape index (κ2) is 12.2. The number of esters is 1. The van der Waals surface area contributed by atoms with Crippen molar-refractivity contribution in [1.82, 2.24) is 9.55 Å². The van der Waals surface area contributed by atoms with Crippen LogP contribution in [0.5, 0.6) is 0 Å². The predicted molar refractivity (Wildman–Crippen MR) is 98.6 cm³/mol. The van der Waals surface area contributed by atoms with Crippen molar-refractivity contribution < 1.29 is 13.9 Å². The molecule has 0 aromatic carbocycles. The van der Waals surface area contributed by atoms with Gasteiger partial charge in [-0.15, -0.1) is 0 Å². The number of H-pyrrole nitrogens is 1. The molecular weight excluding hydrogens is 339 g/mol. The van der Waals surface area contributed by atoms with Gasteiger partial charge in [0, 0.05) is 12.1 Å². The average molecular weight is 368 g/mol. The van der Waals surface area contributed by atoms with Crippen molar-refractivity contribution in [3.8, 4) is 0 Å². The van der Waals surface area contributed by atoms with Crippen LogP contribution >= 0.6 is 0 Å². The van der Waals surface area contributed by atoms with Gasteiger partial charge in [-0.2, -0.15) is 4.39 Å². The Labute approximate surface area is 153 Å². The number of nitrogens with zero attached hydrogens (tertiary/aromatic N) is 1. The first-order valence-electron chi connectivity index (χ1n) is 9.23. The first-order valence-corrected chi connectivity index (χ1v) is 9.23. The van der Waals surface area contributed by atoms with Crippen LogP contribution in [-0.2, 0) is 16.1 Å². The van der Waals surface area contributed by atoms with Crippen LogP contribution in [0.1, 0.15) is 64.7 Å². The molecule has 0 aliphatic heterocycles. The van der Waals surface area contributed by atoms with E-state index in [1.165, 1.54) is 4.57 Å². The summed E-state index contributed by atoms with van der Waals surface area (Å²) in [6.07, 6.45) is 10.2. The van der Waals surface area contributed by atoms with Crippen molar-refractivity contribution in [3.05, 3.63) is 45.0 Å². The van der Waals surface area contributed by atoms with E-state index >= 15 is 0 Å². The third-order valence-electron chi connectivity index (χ3n) is 4.09. The molecule has 0 saturated heterocycles. The van der Waals surface area contributed by atoms with Gasteiger partial charge in [0.05, 0.1) is 12.8 Å². The highest BCUT2D eigenvalue weighted by molar-refractivity contribution is 5.86. The largest absolute Gasteiger partial charge is 0.462 e. The Kier molecular flexibility index (Phi) is 10.3. The van der Waals surface area contributed by atoms with Crippen molar-refractivity contribution >= 4 is 5.97 Å². The maximum absolute atomic E-state index is 13.1. The quantitative estimate of drug-likeness (QED) is 0.329. The topological polar surface area (TPSA) is 81.2 Å². The Morgan fingerprint density at radius 1 is 1.08 bits per heavy atom. The van der Waals surface area contributed by atoms with E-state index in [4.69, 9.17) is 4.74 Å². The van der Waals surface area contributed by atoms with E-state index in [-0.39, 0.29) is 5.97 Å². The first kappa shape index (κ1) is 21.9. The zero-order valence-corrected chi connectivity index (χ0v) is 15.5. The van der Waals surface area contributed by atoms with E-state index in [0.29, 0.717) is 18.7 Å². The number of aryl methyl sites for hydroxylation is 1. The summed E-state index contributed by atoms with van der Waals surface area (Å²) in [5, 5.41) is 0. The molecule has 1 heterocycles. The molecule has 1 N–H and O–H groups in total. The van der Waals surface area contributed by atoms with Gasteiger partial charge in [-0.1, -0.05) is 51.5 Å². The molecule has 0 amide bonds. The van der Waals surface area contributed by atoms with E-state index in [1.54, 1.807) is 6.92 Å². The first-order chi connectivity index (χ1) is 12.4.